The van der Waals surface area contributed by atoms with Gasteiger partial charge < -0.3 is 20.2 Å². The van der Waals surface area contributed by atoms with Gasteiger partial charge in [0.2, 0.25) is 0 Å². The highest BCUT2D eigenvalue weighted by Crippen LogP contribution is 2.38. The average Bonchev–Trinajstić information content (AvgIpc) is 2.91. The molecule has 4 rings (SSSR count). The summed E-state index contributed by atoms with van der Waals surface area (Å²) in [5.74, 6) is 0.303. The number of aliphatic hydroxyl groups is 1. The molecule has 2 unspecified atom stereocenters. The van der Waals surface area contributed by atoms with Crippen LogP contribution >= 0.6 is 12.4 Å². The minimum atomic E-state index is -0.947. The number of nitrogens with zero attached hydrogens (tertiary/aromatic N) is 1. The lowest BCUT2D eigenvalue weighted by Crippen LogP contribution is -2.36. The van der Waals surface area contributed by atoms with Crippen LogP contribution in [0.2, 0.25) is 0 Å². The summed E-state index contributed by atoms with van der Waals surface area (Å²) in [5.41, 5.74) is 3.20. The maximum absolute atomic E-state index is 11.5. The smallest absolute Gasteiger partial charge is 0.313 e. The number of carbonyl (C=O) groups is 1. The molecule has 3 aromatic rings. The van der Waals surface area contributed by atoms with Gasteiger partial charge in [-0.2, -0.15) is 0 Å². The quantitative estimate of drug-likeness (QED) is 0.274. The van der Waals surface area contributed by atoms with Crippen molar-refractivity contribution >= 4 is 18.4 Å². The van der Waals surface area contributed by atoms with Crippen LogP contribution in [0.1, 0.15) is 73.8 Å². The summed E-state index contributed by atoms with van der Waals surface area (Å²) in [6.45, 7) is 6.43. The Morgan fingerprint density at radius 3 is 2.03 bits per heavy atom. The fourth-order valence-corrected chi connectivity index (χ4v) is 5.51. The van der Waals surface area contributed by atoms with Crippen LogP contribution in [-0.2, 0) is 10.2 Å². The van der Waals surface area contributed by atoms with Gasteiger partial charge in [-0.1, -0.05) is 66.7 Å². The third-order valence-corrected chi connectivity index (χ3v) is 8.02. The van der Waals surface area contributed by atoms with Crippen LogP contribution in [0.15, 0.2) is 78.9 Å². The number of hydrogen-bond donors (Lipinski definition) is 3. The highest BCUT2D eigenvalue weighted by atomic mass is 35.5. The Morgan fingerprint density at radius 1 is 0.895 bits per heavy atom. The highest BCUT2D eigenvalue weighted by molar-refractivity contribution is 5.85. The minimum Gasteiger partial charge on any atom is -0.508 e. The number of halogens is 1. The van der Waals surface area contributed by atoms with Crippen LogP contribution in [0.3, 0.4) is 0 Å². The molecule has 1 aliphatic rings. The summed E-state index contributed by atoms with van der Waals surface area (Å²) in [6.07, 6.45) is 3.28. The molecule has 0 aromatic heterocycles. The van der Waals surface area contributed by atoms with Crippen LogP contribution in [0.4, 0.5) is 0 Å². The number of piperidine rings is 1. The molecule has 1 saturated heterocycles. The number of rotatable bonds is 10. The Bertz CT molecular complexity index is 1140. The van der Waals surface area contributed by atoms with E-state index in [0.29, 0.717) is 24.0 Å². The van der Waals surface area contributed by atoms with Crippen molar-refractivity contribution < 1.29 is 20.1 Å². The Labute approximate surface area is 232 Å². The van der Waals surface area contributed by atoms with Crippen molar-refractivity contribution in [3.05, 3.63) is 101 Å². The predicted molar refractivity (Wildman–Crippen MR) is 154 cm³/mol. The molecule has 0 saturated carbocycles. The summed E-state index contributed by atoms with van der Waals surface area (Å²) in [5, 5.41) is 29.9. The molecule has 6 heteroatoms. The van der Waals surface area contributed by atoms with Crippen LogP contribution in [0, 0.1) is 5.92 Å². The standard InChI is InChI=1S/C32H39NO4.ClH/c1-32(2,31(36)37)27-14-10-23(11-15-27)29(35)9-6-20-33-21-18-26(19-22-33)30(24-7-4-3-5-8-24)25-12-16-28(34)17-13-25;/h3-5,7-8,10-17,26,29-30,34-35H,6,9,18-22H2,1-2H3,(H,36,37);1H. The Kier molecular flexibility index (Phi) is 10.4. The van der Waals surface area contributed by atoms with Crippen LogP contribution in [-0.4, -0.2) is 45.8 Å². The summed E-state index contributed by atoms with van der Waals surface area (Å²) in [7, 11) is 0. The van der Waals surface area contributed by atoms with Crippen LogP contribution < -0.4 is 0 Å². The molecule has 38 heavy (non-hydrogen) atoms. The van der Waals surface area contributed by atoms with E-state index in [1.165, 1.54) is 11.1 Å². The van der Waals surface area contributed by atoms with Crippen molar-refractivity contribution in [2.24, 2.45) is 5.92 Å². The van der Waals surface area contributed by atoms with E-state index in [4.69, 9.17) is 0 Å². The van der Waals surface area contributed by atoms with Crippen molar-refractivity contribution in [1.82, 2.24) is 4.90 Å². The summed E-state index contributed by atoms with van der Waals surface area (Å²) >= 11 is 0. The van der Waals surface area contributed by atoms with Crippen LogP contribution in [0.5, 0.6) is 5.75 Å². The van der Waals surface area contributed by atoms with Gasteiger partial charge in [-0.25, -0.2) is 0 Å². The van der Waals surface area contributed by atoms with E-state index in [1.807, 2.05) is 24.3 Å². The van der Waals surface area contributed by atoms with Crippen molar-refractivity contribution in [3.8, 4) is 5.75 Å². The second kappa shape index (κ2) is 13.3. The first kappa shape index (κ1) is 29.7. The molecule has 0 radical (unpaired) electrons. The van der Waals surface area contributed by atoms with E-state index in [9.17, 15) is 20.1 Å². The Morgan fingerprint density at radius 2 is 1.45 bits per heavy atom. The Hall–Kier alpha value is -2.86. The van der Waals surface area contributed by atoms with Gasteiger partial charge in [0.15, 0.2) is 0 Å². The molecule has 1 aliphatic heterocycles. The number of hydrogen-bond acceptors (Lipinski definition) is 4. The van der Waals surface area contributed by atoms with E-state index in [2.05, 4.69) is 47.4 Å². The van der Waals surface area contributed by atoms with Crippen molar-refractivity contribution in [3.63, 3.8) is 0 Å². The zero-order valence-corrected chi connectivity index (χ0v) is 23.1. The molecule has 2 atom stereocenters. The first-order valence-electron chi connectivity index (χ1n) is 13.3. The maximum atomic E-state index is 11.5. The van der Waals surface area contributed by atoms with E-state index < -0.39 is 17.5 Å². The lowest BCUT2D eigenvalue weighted by atomic mass is 9.76. The number of carboxylic acid groups (broad SMARTS) is 1. The molecular weight excluding hydrogens is 498 g/mol. The largest absolute Gasteiger partial charge is 0.508 e. The molecule has 1 heterocycles. The third-order valence-electron chi connectivity index (χ3n) is 8.02. The predicted octanol–water partition coefficient (Wildman–Crippen LogP) is 6.53. The molecule has 1 fully saturated rings. The summed E-state index contributed by atoms with van der Waals surface area (Å²) in [4.78, 5) is 14.0. The summed E-state index contributed by atoms with van der Waals surface area (Å²) < 4.78 is 0. The molecule has 0 bridgehead atoms. The second-order valence-electron chi connectivity index (χ2n) is 10.9. The number of carboxylic acids is 1. The van der Waals surface area contributed by atoms with Crippen molar-refractivity contribution in [1.29, 1.82) is 0 Å². The normalized spacial score (nSPS) is 16.4. The van der Waals surface area contributed by atoms with Crippen molar-refractivity contribution in [2.75, 3.05) is 19.6 Å². The average molecular weight is 538 g/mol. The minimum absolute atomic E-state index is 0. The van der Waals surface area contributed by atoms with E-state index in [1.54, 1.807) is 26.0 Å². The molecule has 3 aromatic carbocycles. The molecule has 0 aliphatic carbocycles. The van der Waals surface area contributed by atoms with E-state index >= 15 is 0 Å². The SMILES string of the molecule is CC(C)(C(=O)O)c1ccc(C(O)CCCN2CCC(C(c3ccccc3)c3ccc(O)cc3)CC2)cc1.Cl. The molecule has 0 spiro atoms. The highest BCUT2D eigenvalue weighted by Gasteiger charge is 2.30. The number of likely N-dealkylation sites (tertiary alicyclic amines) is 1. The number of phenolic OH excluding ortho intramolecular Hbond substituents is 1. The molecule has 5 nitrogen and oxygen atoms in total. The van der Waals surface area contributed by atoms with E-state index in [0.717, 1.165) is 50.0 Å². The van der Waals surface area contributed by atoms with Crippen LogP contribution in [0.25, 0.3) is 0 Å². The molecule has 204 valence electrons. The topological polar surface area (TPSA) is 81.0 Å². The molecular formula is C32H40ClNO4. The monoisotopic (exact) mass is 537 g/mol. The number of phenols is 1. The molecule has 3 N–H and O–H groups in total. The zero-order chi connectivity index (χ0) is 26.4. The van der Waals surface area contributed by atoms with Gasteiger partial charge in [0, 0.05) is 5.92 Å². The number of aliphatic hydroxyl groups excluding tert-OH is 1. The van der Waals surface area contributed by atoms with Crippen molar-refractivity contribution in [2.45, 2.75) is 57.0 Å². The van der Waals surface area contributed by atoms with Gasteiger partial charge in [0.1, 0.15) is 5.75 Å². The first-order chi connectivity index (χ1) is 17.8. The summed E-state index contributed by atoms with van der Waals surface area (Å²) in [6, 6.07) is 25.7. The second-order valence-corrected chi connectivity index (χ2v) is 10.9. The lowest BCUT2D eigenvalue weighted by Gasteiger charge is -2.37. The van der Waals surface area contributed by atoms with E-state index in [-0.39, 0.29) is 12.4 Å². The van der Waals surface area contributed by atoms with Gasteiger partial charge in [0.05, 0.1) is 11.5 Å². The van der Waals surface area contributed by atoms with Gasteiger partial charge >= 0.3 is 5.97 Å². The number of aromatic hydroxyl groups is 1. The first-order valence-corrected chi connectivity index (χ1v) is 13.3. The van der Waals surface area contributed by atoms with Gasteiger partial charge in [0.25, 0.3) is 0 Å². The number of benzene rings is 3. The van der Waals surface area contributed by atoms with Gasteiger partial charge in [-0.05, 0) is 99.5 Å². The van der Waals surface area contributed by atoms with Gasteiger partial charge in [-0.3, -0.25) is 4.79 Å². The van der Waals surface area contributed by atoms with Gasteiger partial charge in [-0.15, -0.1) is 12.4 Å². The third kappa shape index (κ3) is 7.16. The lowest BCUT2D eigenvalue weighted by molar-refractivity contribution is -0.142. The number of aliphatic carboxylic acids is 1. The fraction of sp³-hybridized carbons (Fsp3) is 0.406. The Balaban J connectivity index is 0.00000400. The molecule has 0 amide bonds. The fourth-order valence-electron chi connectivity index (χ4n) is 5.51. The maximum Gasteiger partial charge on any atom is 0.313 e. The zero-order valence-electron chi connectivity index (χ0n) is 22.3.